The van der Waals surface area contributed by atoms with Crippen molar-refractivity contribution in [3.63, 3.8) is 0 Å². The van der Waals surface area contributed by atoms with E-state index >= 15 is 0 Å². The van der Waals surface area contributed by atoms with Crippen LogP contribution in [0.3, 0.4) is 0 Å². The number of thiophene rings is 1. The lowest BCUT2D eigenvalue weighted by Crippen LogP contribution is -2.26. The fourth-order valence-corrected chi connectivity index (χ4v) is 2.88. The normalized spacial score (nSPS) is 11.3. The Labute approximate surface area is 93.3 Å². The highest BCUT2D eigenvalue weighted by molar-refractivity contribution is 7.28. The van der Waals surface area contributed by atoms with Gasteiger partial charge in [-0.1, -0.05) is 32.0 Å². The average molecular weight is 220 g/mol. The molecule has 0 amide bonds. The molecule has 0 aliphatic rings. The maximum absolute atomic E-state index is 9.12. The van der Waals surface area contributed by atoms with Crippen molar-refractivity contribution < 1.29 is 10.0 Å². The van der Waals surface area contributed by atoms with Crippen LogP contribution < -0.4 is 4.78 Å². The van der Waals surface area contributed by atoms with Gasteiger partial charge in [0.25, 0.3) is 0 Å². The lowest BCUT2D eigenvalue weighted by molar-refractivity contribution is 0.427. The first kappa shape index (κ1) is 10.7. The maximum Gasteiger partial charge on any atom is 0.499 e. The lowest BCUT2D eigenvalue weighted by atomic mass is 9.89. The number of hydrogen-bond donors (Lipinski definition) is 2. The van der Waals surface area contributed by atoms with Crippen molar-refractivity contribution in [2.24, 2.45) is 0 Å². The molecule has 0 bridgehead atoms. The molecule has 0 aliphatic heterocycles. The number of rotatable bonds is 2. The maximum atomic E-state index is 9.12. The molecule has 15 heavy (non-hydrogen) atoms. The summed E-state index contributed by atoms with van der Waals surface area (Å²) in [5.74, 6) is 0.455. The topological polar surface area (TPSA) is 40.5 Å². The molecule has 2 rings (SSSR count). The van der Waals surface area contributed by atoms with E-state index in [0.717, 1.165) is 10.1 Å². The summed E-state index contributed by atoms with van der Waals surface area (Å²) in [6.07, 6.45) is 0. The average Bonchev–Trinajstić information content (AvgIpc) is 2.60. The third-order valence-corrected chi connectivity index (χ3v) is 3.71. The van der Waals surface area contributed by atoms with Crippen LogP contribution in [0.1, 0.15) is 25.3 Å². The molecule has 1 aromatic heterocycles. The van der Waals surface area contributed by atoms with Gasteiger partial charge < -0.3 is 10.0 Å². The van der Waals surface area contributed by atoms with Crippen LogP contribution in [0.2, 0.25) is 0 Å². The molecule has 0 aliphatic carbocycles. The Bertz CT molecular complexity index is 476. The van der Waals surface area contributed by atoms with Crippen molar-refractivity contribution >= 4 is 33.3 Å². The number of benzene rings is 1. The van der Waals surface area contributed by atoms with E-state index in [1.807, 2.05) is 18.2 Å². The second-order valence-electron chi connectivity index (χ2n) is 3.94. The molecular formula is C11H13BO2S. The Kier molecular flexibility index (Phi) is 2.82. The van der Waals surface area contributed by atoms with Crippen molar-refractivity contribution in [2.75, 3.05) is 0 Å². The summed E-state index contributed by atoms with van der Waals surface area (Å²) >= 11 is 1.46. The third kappa shape index (κ3) is 1.93. The van der Waals surface area contributed by atoms with E-state index in [1.54, 1.807) is 0 Å². The molecule has 4 heteroatoms. The van der Waals surface area contributed by atoms with Gasteiger partial charge >= 0.3 is 7.12 Å². The quantitative estimate of drug-likeness (QED) is 0.756. The van der Waals surface area contributed by atoms with Gasteiger partial charge in [0, 0.05) is 9.48 Å². The van der Waals surface area contributed by atoms with Crippen LogP contribution in [0.4, 0.5) is 0 Å². The van der Waals surface area contributed by atoms with Crippen molar-refractivity contribution in [3.8, 4) is 0 Å². The third-order valence-electron chi connectivity index (χ3n) is 2.47. The van der Waals surface area contributed by atoms with Gasteiger partial charge in [-0.15, -0.1) is 11.3 Å². The first-order chi connectivity index (χ1) is 7.09. The molecular weight excluding hydrogens is 207 g/mol. The van der Waals surface area contributed by atoms with Crippen LogP contribution in [0.5, 0.6) is 0 Å². The zero-order valence-electron chi connectivity index (χ0n) is 8.77. The van der Waals surface area contributed by atoms with Gasteiger partial charge in [-0.25, -0.2) is 0 Å². The first-order valence-corrected chi connectivity index (χ1v) is 5.79. The lowest BCUT2D eigenvalue weighted by Gasteiger charge is -2.05. The van der Waals surface area contributed by atoms with Crippen molar-refractivity contribution in [3.05, 3.63) is 29.8 Å². The molecule has 0 atom stereocenters. The van der Waals surface area contributed by atoms with Gasteiger partial charge in [0.05, 0.1) is 0 Å². The molecule has 1 aromatic carbocycles. The summed E-state index contributed by atoms with van der Waals surface area (Å²) in [5.41, 5.74) is 1.27. The van der Waals surface area contributed by atoms with E-state index in [1.165, 1.54) is 16.9 Å². The zero-order chi connectivity index (χ0) is 11.0. The fraction of sp³-hybridized carbons (Fsp3) is 0.273. The Morgan fingerprint density at radius 2 is 2.00 bits per heavy atom. The molecule has 0 fully saturated rings. The minimum Gasteiger partial charge on any atom is -0.423 e. The highest BCUT2D eigenvalue weighted by Gasteiger charge is 2.16. The molecule has 0 saturated heterocycles. The summed E-state index contributed by atoms with van der Waals surface area (Å²) in [5, 5.41) is 19.3. The summed E-state index contributed by atoms with van der Waals surface area (Å²) in [7, 11) is -1.36. The van der Waals surface area contributed by atoms with Crippen LogP contribution in [0.25, 0.3) is 10.1 Å². The molecule has 2 aromatic rings. The van der Waals surface area contributed by atoms with Gasteiger partial charge in [-0.2, -0.15) is 0 Å². The molecule has 78 valence electrons. The van der Waals surface area contributed by atoms with Crippen LogP contribution in [-0.4, -0.2) is 17.2 Å². The Morgan fingerprint density at radius 1 is 1.27 bits per heavy atom. The molecule has 2 nitrogen and oxygen atoms in total. The minimum absolute atomic E-state index is 0.455. The highest BCUT2D eigenvalue weighted by atomic mass is 32.1. The predicted molar refractivity (Wildman–Crippen MR) is 65.7 cm³/mol. The van der Waals surface area contributed by atoms with Crippen LogP contribution in [0.15, 0.2) is 24.3 Å². The van der Waals surface area contributed by atoms with Gasteiger partial charge in [0.1, 0.15) is 0 Å². The van der Waals surface area contributed by atoms with Gasteiger partial charge in [-0.05, 0) is 22.9 Å². The molecule has 2 N–H and O–H groups in total. The summed E-state index contributed by atoms with van der Waals surface area (Å²) in [4.78, 5) is 0. The summed E-state index contributed by atoms with van der Waals surface area (Å²) < 4.78 is 1.77. The van der Waals surface area contributed by atoms with E-state index in [0.29, 0.717) is 10.7 Å². The summed E-state index contributed by atoms with van der Waals surface area (Å²) in [6.45, 7) is 4.28. The smallest absolute Gasteiger partial charge is 0.423 e. The molecule has 0 saturated carbocycles. The molecule has 0 unspecified atom stereocenters. The van der Waals surface area contributed by atoms with E-state index in [2.05, 4.69) is 19.9 Å². The van der Waals surface area contributed by atoms with Gasteiger partial charge in [0.2, 0.25) is 0 Å². The molecule has 0 spiro atoms. The van der Waals surface area contributed by atoms with Crippen LogP contribution in [-0.2, 0) is 0 Å². The van der Waals surface area contributed by atoms with E-state index in [9.17, 15) is 0 Å². The van der Waals surface area contributed by atoms with Crippen LogP contribution in [0, 0.1) is 0 Å². The monoisotopic (exact) mass is 220 g/mol. The second kappa shape index (κ2) is 3.97. The van der Waals surface area contributed by atoms with E-state index in [4.69, 9.17) is 10.0 Å². The van der Waals surface area contributed by atoms with Gasteiger partial charge in [0.15, 0.2) is 0 Å². The van der Waals surface area contributed by atoms with E-state index < -0.39 is 7.12 Å². The van der Waals surface area contributed by atoms with Crippen molar-refractivity contribution in [1.29, 1.82) is 0 Å². The number of fused-ring (bicyclic) bond motifs is 1. The van der Waals surface area contributed by atoms with Crippen molar-refractivity contribution in [1.82, 2.24) is 0 Å². The van der Waals surface area contributed by atoms with E-state index in [-0.39, 0.29) is 0 Å². The fourth-order valence-electron chi connectivity index (χ4n) is 1.69. The minimum atomic E-state index is -1.36. The SMILES string of the molecule is CC(C)c1cccc2cc(B(O)O)sc12. The predicted octanol–water partition coefficient (Wildman–Crippen LogP) is 1.70. The first-order valence-electron chi connectivity index (χ1n) is 4.98. The Morgan fingerprint density at radius 3 is 2.60 bits per heavy atom. The largest absolute Gasteiger partial charge is 0.499 e. The number of hydrogen-bond acceptors (Lipinski definition) is 3. The second-order valence-corrected chi connectivity index (χ2v) is 5.03. The molecule has 1 heterocycles. The van der Waals surface area contributed by atoms with Crippen LogP contribution >= 0.6 is 11.3 Å². The van der Waals surface area contributed by atoms with Gasteiger partial charge in [-0.3, -0.25) is 0 Å². The summed E-state index contributed by atoms with van der Waals surface area (Å²) in [6, 6.07) is 7.95. The zero-order valence-corrected chi connectivity index (χ0v) is 9.58. The highest BCUT2D eigenvalue weighted by Crippen LogP contribution is 2.28. The Hall–Kier alpha value is -0.835. The standard InChI is InChI=1S/C11H13BO2S/c1-7(2)9-5-3-4-8-6-10(12(13)14)15-11(8)9/h3-7,13-14H,1-2H3. The molecule has 0 radical (unpaired) electrons. The van der Waals surface area contributed by atoms with Crippen molar-refractivity contribution in [2.45, 2.75) is 19.8 Å². The Balaban J connectivity index is 2.64.